The second-order valence-electron chi connectivity index (χ2n) is 4.46. The maximum atomic E-state index is 3.80. The molecule has 1 atom stereocenters. The van der Waals surface area contributed by atoms with Crippen LogP contribution in [0.1, 0.15) is 34.0 Å². The summed E-state index contributed by atoms with van der Waals surface area (Å²) in [5.41, 5.74) is 5.30. The van der Waals surface area contributed by atoms with E-state index in [1.54, 1.807) is 0 Å². The highest BCUT2D eigenvalue weighted by atomic mass is 79.9. The molecule has 0 heterocycles. The first-order valence-corrected chi connectivity index (χ1v) is 7.81. The first-order chi connectivity index (χ1) is 8.61. The number of benzene rings is 2. The van der Waals surface area contributed by atoms with Crippen LogP contribution in [0.5, 0.6) is 0 Å². The van der Waals surface area contributed by atoms with E-state index in [4.69, 9.17) is 0 Å². The van der Waals surface area contributed by atoms with E-state index in [1.807, 2.05) is 0 Å². The summed E-state index contributed by atoms with van der Waals surface area (Å²) in [6.45, 7) is 4.33. The zero-order valence-electron chi connectivity index (χ0n) is 10.6. The van der Waals surface area contributed by atoms with Crippen molar-refractivity contribution in [3.63, 3.8) is 0 Å². The van der Waals surface area contributed by atoms with Crippen LogP contribution in [-0.2, 0) is 6.42 Å². The van der Waals surface area contributed by atoms with Crippen molar-refractivity contribution in [3.8, 4) is 0 Å². The maximum Gasteiger partial charge on any atom is 0.0647 e. The van der Waals surface area contributed by atoms with Crippen molar-refractivity contribution in [1.82, 2.24) is 0 Å². The molecule has 0 bridgehead atoms. The number of halogens is 2. The molecular formula is C16H16Br2. The van der Waals surface area contributed by atoms with Crippen molar-refractivity contribution in [2.24, 2.45) is 0 Å². The van der Waals surface area contributed by atoms with Gasteiger partial charge in [-0.15, -0.1) is 0 Å². The van der Waals surface area contributed by atoms with E-state index in [0.29, 0.717) is 0 Å². The van der Waals surface area contributed by atoms with Crippen LogP contribution in [0, 0.1) is 6.92 Å². The molecule has 18 heavy (non-hydrogen) atoms. The minimum absolute atomic E-state index is 0.261. The lowest BCUT2D eigenvalue weighted by molar-refractivity contribution is 1.10. The van der Waals surface area contributed by atoms with Gasteiger partial charge in [0, 0.05) is 4.47 Å². The Hall–Kier alpha value is -0.600. The number of alkyl halides is 1. The van der Waals surface area contributed by atoms with Crippen LogP contribution in [-0.4, -0.2) is 0 Å². The predicted octanol–water partition coefficient (Wildman–Crippen LogP) is 5.80. The molecular weight excluding hydrogens is 352 g/mol. The smallest absolute Gasteiger partial charge is 0.0647 e. The zero-order chi connectivity index (χ0) is 13.1. The summed E-state index contributed by atoms with van der Waals surface area (Å²) in [4.78, 5) is 0.261. The number of hydrogen-bond acceptors (Lipinski definition) is 0. The van der Waals surface area contributed by atoms with Gasteiger partial charge in [-0.3, -0.25) is 0 Å². The Labute approximate surface area is 126 Å². The van der Waals surface area contributed by atoms with Crippen molar-refractivity contribution < 1.29 is 0 Å². The Bertz CT molecular complexity index is 529. The maximum absolute atomic E-state index is 3.80. The lowest BCUT2D eigenvalue weighted by atomic mass is 9.99. The Morgan fingerprint density at radius 1 is 1.06 bits per heavy atom. The monoisotopic (exact) mass is 366 g/mol. The fourth-order valence-electron chi connectivity index (χ4n) is 2.03. The van der Waals surface area contributed by atoms with Crippen molar-refractivity contribution in [1.29, 1.82) is 0 Å². The quantitative estimate of drug-likeness (QED) is 0.601. The number of aryl methyl sites for hydroxylation is 2. The number of hydrogen-bond donors (Lipinski definition) is 0. The van der Waals surface area contributed by atoms with Gasteiger partial charge in [-0.25, -0.2) is 0 Å². The van der Waals surface area contributed by atoms with Gasteiger partial charge in [0.1, 0.15) is 0 Å². The molecule has 0 aliphatic carbocycles. The standard InChI is InChI=1S/C16H16Br2/c1-3-12-4-6-13(7-5-12)16(18)15-9-8-14(17)10-11(15)2/h4-10,16H,3H2,1-2H3. The van der Waals surface area contributed by atoms with Crippen LogP contribution in [0.25, 0.3) is 0 Å². The average molecular weight is 368 g/mol. The Balaban J connectivity index is 2.31. The predicted molar refractivity (Wildman–Crippen MR) is 85.5 cm³/mol. The van der Waals surface area contributed by atoms with Gasteiger partial charge in [-0.05, 0) is 47.7 Å². The fraction of sp³-hybridized carbons (Fsp3) is 0.250. The SMILES string of the molecule is CCc1ccc(C(Br)c2ccc(Br)cc2C)cc1. The summed E-state index contributed by atoms with van der Waals surface area (Å²) in [5.74, 6) is 0. The average Bonchev–Trinajstić information content (AvgIpc) is 2.38. The molecule has 2 aromatic carbocycles. The molecule has 2 heteroatoms. The van der Waals surface area contributed by atoms with E-state index in [-0.39, 0.29) is 4.83 Å². The van der Waals surface area contributed by atoms with Gasteiger partial charge in [0.2, 0.25) is 0 Å². The van der Waals surface area contributed by atoms with Crippen molar-refractivity contribution in [2.75, 3.05) is 0 Å². The highest BCUT2D eigenvalue weighted by molar-refractivity contribution is 9.10. The van der Waals surface area contributed by atoms with Crippen LogP contribution >= 0.6 is 31.9 Å². The highest BCUT2D eigenvalue weighted by Gasteiger charge is 2.12. The van der Waals surface area contributed by atoms with Gasteiger partial charge < -0.3 is 0 Å². The summed E-state index contributed by atoms with van der Waals surface area (Å²) in [5, 5.41) is 0. The third-order valence-corrected chi connectivity index (χ3v) is 4.70. The minimum Gasteiger partial charge on any atom is -0.0786 e. The molecule has 0 aromatic heterocycles. The van der Waals surface area contributed by atoms with Crippen molar-refractivity contribution >= 4 is 31.9 Å². The molecule has 2 rings (SSSR count). The van der Waals surface area contributed by atoms with Crippen molar-refractivity contribution in [3.05, 3.63) is 69.2 Å². The van der Waals surface area contributed by atoms with E-state index >= 15 is 0 Å². The van der Waals surface area contributed by atoms with Gasteiger partial charge in [-0.2, -0.15) is 0 Å². The van der Waals surface area contributed by atoms with E-state index in [0.717, 1.165) is 10.9 Å². The molecule has 94 valence electrons. The summed E-state index contributed by atoms with van der Waals surface area (Å²) in [7, 11) is 0. The third kappa shape index (κ3) is 3.04. The summed E-state index contributed by atoms with van der Waals surface area (Å²) in [6.07, 6.45) is 1.09. The molecule has 2 aromatic rings. The van der Waals surface area contributed by atoms with Gasteiger partial charge in [0.15, 0.2) is 0 Å². The highest BCUT2D eigenvalue weighted by Crippen LogP contribution is 2.33. The summed E-state index contributed by atoms with van der Waals surface area (Å²) < 4.78 is 1.13. The van der Waals surface area contributed by atoms with Gasteiger partial charge in [-0.1, -0.05) is 69.1 Å². The van der Waals surface area contributed by atoms with E-state index in [2.05, 4.69) is 88.2 Å². The van der Waals surface area contributed by atoms with Crippen LogP contribution in [0.2, 0.25) is 0 Å². The molecule has 0 radical (unpaired) electrons. The fourth-order valence-corrected chi connectivity index (χ4v) is 3.32. The Morgan fingerprint density at radius 3 is 2.28 bits per heavy atom. The molecule has 0 fully saturated rings. The van der Waals surface area contributed by atoms with E-state index < -0.39 is 0 Å². The Kier molecular flexibility index (Phi) is 4.63. The summed E-state index contributed by atoms with van der Waals surface area (Å²) in [6, 6.07) is 15.3. The van der Waals surface area contributed by atoms with E-state index in [9.17, 15) is 0 Å². The van der Waals surface area contributed by atoms with Crippen LogP contribution in [0.15, 0.2) is 46.9 Å². The van der Waals surface area contributed by atoms with Crippen LogP contribution in [0.4, 0.5) is 0 Å². The molecule has 0 saturated heterocycles. The lowest BCUT2D eigenvalue weighted by Crippen LogP contribution is -1.96. The van der Waals surface area contributed by atoms with E-state index in [1.165, 1.54) is 22.3 Å². The molecule has 0 aliphatic rings. The lowest BCUT2D eigenvalue weighted by Gasteiger charge is -2.14. The molecule has 0 spiro atoms. The Morgan fingerprint density at radius 2 is 1.72 bits per heavy atom. The van der Waals surface area contributed by atoms with Crippen LogP contribution < -0.4 is 0 Å². The second kappa shape index (κ2) is 6.03. The third-order valence-electron chi connectivity index (χ3n) is 3.19. The first kappa shape index (κ1) is 13.8. The molecule has 0 nitrogen and oxygen atoms in total. The molecule has 0 amide bonds. The largest absolute Gasteiger partial charge is 0.0786 e. The normalized spacial score (nSPS) is 12.4. The van der Waals surface area contributed by atoms with Crippen LogP contribution in [0.3, 0.4) is 0 Å². The van der Waals surface area contributed by atoms with Crippen molar-refractivity contribution in [2.45, 2.75) is 25.1 Å². The second-order valence-corrected chi connectivity index (χ2v) is 6.29. The van der Waals surface area contributed by atoms with Gasteiger partial charge in [0.05, 0.1) is 4.83 Å². The van der Waals surface area contributed by atoms with Gasteiger partial charge in [0.25, 0.3) is 0 Å². The summed E-state index contributed by atoms with van der Waals surface area (Å²) >= 11 is 7.31. The molecule has 1 unspecified atom stereocenters. The molecule has 0 saturated carbocycles. The topological polar surface area (TPSA) is 0 Å². The molecule has 0 aliphatic heterocycles. The molecule has 0 N–H and O–H groups in total. The first-order valence-electron chi connectivity index (χ1n) is 6.10. The van der Waals surface area contributed by atoms with Gasteiger partial charge >= 0.3 is 0 Å². The zero-order valence-corrected chi connectivity index (χ0v) is 13.8. The minimum atomic E-state index is 0.261. The number of rotatable bonds is 3.